The van der Waals surface area contributed by atoms with Crippen LogP contribution in [0, 0.1) is 38.2 Å². The number of ether oxygens (including phenoxy) is 1. The molecule has 2 atom stereocenters. The second-order valence-electron chi connectivity index (χ2n) is 5.37. The molecule has 0 saturated heterocycles. The fourth-order valence-electron chi connectivity index (χ4n) is 2.91. The van der Waals surface area contributed by atoms with Gasteiger partial charge in [0.15, 0.2) is 5.41 Å². The van der Waals surface area contributed by atoms with Crippen molar-refractivity contribution in [3.05, 3.63) is 51.6 Å². The standard InChI is InChI=1S/C16H15N3O3/c1-11-7-14(12-3-5-13(6-4-12)19(20)21)16(9-17,10-18)15(8-11)22-2/h3-6,8,14-15H,7H2,1-2H3/t14-,15-/m0/s1. The predicted octanol–water partition coefficient (Wildman–Crippen LogP) is 3.08. The zero-order valence-corrected chi connectivity index (χ0v) is 12.3. The Labute approximate surface area is 128 Å². The van der Waals surface area contributed by atoms with Crippen molar-refractivity contribution in [3.63, 3.8) is 0 Å². The average molecular weight is 297 g/mol. The molecule has 6 heteroatoms. The van der Waals surface area contributed by atoms with E-state index in [1.165, 1.54) is 19.2 Å². The minimum Gasteiger partial charge on any atom is -0.375 e. The molecule has 1 aliphatic rings. The zero-order valence-electron chi connectivity index (χ0n) is 12.3. The molecule has 0 spiro atoms. The highest BCUT2D eigenvalue weighted by atomic mass is 16.6. The van der Waals surface area contributed by atoms with E-state index in [1.807, 2.05) is 6.92 Å². The van der Waals surface area contributed by atoms with E-state index in [-0.39, 0.29) is 5.69 Å². The van der Waals surface area contributed by atoms with E-state index in [0.717, 1.165) is 11.1 Å². The number of rotatable bonds is 3. The van der Waals surface area contributed by atoms with Crippen molar-refractivity contribution in [2.24, 2.45) is 5.41 Å². The molecule has 0 aliphatic heterocycles. The summed E-state index contributed by atoms with van der Waals surface area (Å²) in [6.07, 6.45) is 1.71. The summed E-state index contributed by atoms with van der Waals surface area (Å²) in [5, 5.41) is 30.0. The number of hydrogen-bond acceptors (Lipinski definition) is 5. The van der Waals surface area contributed by atoms with Crippen LogP contribution in [0.2, 0.25) is 0 Å². The van der Waals surface area contributed by atoms with Crippen molar-refractivity contribution in [2.45, 2.75) is 25.4 Å². The normalized spacial score (nSPS) is 23.0. The van der Waals surface area contributed by atoms with Gasteiger partial charge in [0.05, 0.1) is 17.1 Å². The van der Waals surface area contributed by atoms with Crippen LogP contribution in [0.3, 0.4) is 0 Å². The Morgan fingerprint density at radius 2 is 1.91 bits per heavy atom. The second kappa shape index (κ2) is 5.97. The average Bonchev–Trinajstić information content (AvgIpc) is 2.54. The van der Waals surface area contributed by atoms with Gasteiger partial charge in [-0.05, 0) is 18.9 Å². The lowest BCUT2D eigenvalue weighted by molar-refractivity contribution is -0.384. The molecule has 0 N–H and O–H groups in total. The van der Waals surface area contributed by atoms with E-state index in [0.29, 0.717) is 6.42 Å². The minimum absolute atomic E-state index is 0.0189. The van der Waals surface area contributed by atoms with Crippen molar-refractivity contribution < 1.29 is 9.66 Å². The number of nitro groups is 1. The molecule has 0 amide bonds. The van der Waals surface area contributed by atoms with Gasteiger partial charge in [-0.1, -0.05) is 23.8 Å². The number of nitriles is 2. The molecule has 1 aliphatic carbocycles. The molecule has 0 bridgehead atoms. The number of benzene rings is 1. The predicted molar refractivity (Wildman–Crippen MR) is 78.7 cm³/mol. The molecule has 0 heterocycles. The monoisotopic (exact) mass is 297 g/mol. The summed E-state index contributed by atoms with van der Waals surface area (Å²) < 4.78 is 5.34. The van der Waals surface area contributed by atoms with Crippen LogP contribution in [0.15, 0.2) is 35.9 Å². The van der Waals surface area contributed by atoms with Gasteiger partial charge >= 0.3 is 0 Å². The van der Waals surface area contributed by atoms with E-state index in [2.05, 4.69) is 12.1 Å². The number of non-ortho nitro benzene ring substituents is 1. The Kier molecular flexibility index (Phi) is 4.25. The Morgan fingerprint density at radius 3 is 2.36 bits per heavy atom. The lowest BCUT2D eigenvalue weighted by Gasteiger charge is -2.38. The van der Waals surface area contributed by atoms with E-state index >= 15 is 0 Å². The second-order valence-corrected chi connectivity index (χ2v) is 5.37. The maximum atomic E-state index is 10.8. The third-order valence-corrected chi connectivity index (χ3v) is 4.09. The highest BCUT2D eigenvalue weighted by Crippen LogP contribution is 2.47. The third-order valence-electron chi connectivity index (χ3n) is 4.09. The van der Waals surface area contributed by atoms with Crippen molar-refractivity contribution in [1.29, 1.82) is 10.5 Å². The van der Waals surface area contributed by atoms with Crippen LogP contribution in [-0.4, -0.2) is 18.1 Å². The number of nitrogens with zero attached hydrogens (tertiary/aromatic N) is 3. The number of allylic oxidation sites excluding steroid dienone is 1. The Hall–Kier alpha value is -2.70. The number of hydrogen-bond donors (Lipinski definition) is 0. The summed E-state index contributed by atoms with van der Waals surface area (Å²) in [6, 6.07) is 10.2. The molecule has 0 aromatic heterocycles. The molecule has 0 radical (unpaired) electrons. The molecule has 1 aromatic rings. The van der Waals surface area contributed by atoms with Crippen LogP contribution in [-0.2, 0) is 4.74 Å². The fourth-order valence-corrected chi connectivity index (χ4v) is 2.91. The van der Waals surface area contributed by atoms with Gasteiger partial charge in [0.1, 0.15) is 6.10 Å². The number of methoxy groups -OCH3 is 1. The van der Waals surface area contributed by atoms with Crippen molar-refractivity contribution in [3.8, 4) is 12.1 Å². The van der Waals surface area contributed by atoms with Gasteiger partial charge < -0.3 is 4.74 Å². The van der Waals surface area contributed by atoms with Gasteiger partial charge in [-0.25, -0.2) is 0 Å². The first-order chi connectivity index (χ1) is 10.5. The van der Waals surface area contributed by atoms with E-state index < -0.39 is 22.4 Å². The smallest absolute Gasteiger partial charge is 0.269 e. The van der Waals surface area contributed by atoms with Gasteiger partial charge in [0.25, 0.3) is 5.69 Å². The topological polar surface area (TPSA) is 99.9 Å². The molecule has 0 unspecified atom stereocenters. The van der Waals surface area contributed by atoms with Crippen LogP contribution in [0.1, 0.15) is 24.8 Å². The quantitative estimate of drug-likeness (QED) is 0.485. The molecule has 0 fully saturated rings. The van der Waals surface area contributed by atoms with E-state index in [1.54, 1.807) is 18.2 Å². The number of nitro benzene ring substituents is 1. The van der Waals surface area contributed by atoms with E-state index in [4.69, 9.17) is 4.74 Å². The van der Waals surface area contributed by atoms with Crippen LogP contribution in [0.4, 0.5) is 5.69 Å². The Balaban J connectivity index is 2.52. The Bertz CT molecular complexity index is 681. The molecule has 112 valence electrons. The van der Waals surface area contributed by atoms with Crippen LogP contribution < -0.4 is 0 Å². The Morgan fingerprint density at radius 1 is 1.32 bits per heavy atom. The van der Waals surface area contributed by atoms with Gasteiger partial charge in [-0.3, -0.25) is 10.1 Å². The van der Waals surface area contributed by atoms with Crippen molar-refractivity contribution in [1.82, 2.24) is 0 Å². The van der Waals surface area contributed by atoms with E-state index in [9.17, 15) is 20.6 Å². The van der Waals surface area contributed by atoms with Crippen LogP contribution in [0.25, 0.3) is 0 Å². The van der Waals surface area contributed by atoms with Gasteiger partial charge in [-0.2, -0.15) is 10.5 Å². The van der Waals surface area contributed by atoms with Crippen LogP contribution in [0.5, 0.6) is 0 Å². The molecular formula is C16H15N3O3. The summed E-state index contributed by atoms with van der Waals surface area (Å²) in [6.45, 7) is 1.92. The maximum Gasteiger partial charge on any atom is 0.269 e. The lowest BCUT2D eigenvalue weighted by atomic mass is 9.64. The van der Waals surface area contributed by atoms with Crippen molar-refractivity contribution in [2.75, 3.05) is 7.11 Å². The fraction of sp³-hybridized carbons (Fsp3) is 0.375. The summed E-state index contributed by atoms with van der Waals surface area (Å²) in [4.78, 5) is 10.3. The van der Waals surface area contributed by atoms with Gasteiger partial charge in [0, 0.05) is 25.2 Å². The van der Waals surface area contributed by atoms with Gasteiger partial charge in [-0.15, -0.1) is 0 Å². The lowest BCUT2D eigenvalue weighted by Crippen LogP contribution is -2.41. The SMILES string of the molecule is CO[C@H]1C=C(C)C[C@@H](c2ccc([N+](=O)[O-])cc2)C1(C#N)C#N. The molecule has 0 saturated carbocycles. The highest BCUT2D eigenvalue weighted by molar-refractivity contribution is 5.42. The third kappa shape index (κ3) is 2.45. The first-order valence-corrected chi connectivity index (χ1v) is 6.75. The molecule has 6 nitrogen and oxygen atoms in total. The van der Waals surface area contributed by atoms with Gasteiger partial charge in [0.2, 0.25) is 0 Å². The summed E-state index contributed by atoms with van der Waals surface area (Å²) in [5.41, 5.74) is 0.388. The largest absolute Gasteiger partial charge is 0.375 e. The zero-order chi connectivity index (χ0) is 16.3. The molecule has 1 aromatic carbocycles. The molecular weight excluding hydrogens is 282 g/mol. The summed E-state index contributed by atoms with van der Waals surface area (Å²) in [7, 11) is 1.47. The maximum absolute atomic E-state index is 10.8. The van der Waals surface area contributed by atoms with Crippen LogP contribution >= 0.6 is 0 Å². The first-order valence-electron chi connectivity index (χ1n) is 6.75. The molecule has 22 heavy (non-hydrogen) atoms. The summed E-state index contributed by atoms with van der Waals surface area (Å²) >= 11 is 0. The minimum atomic E-state index is -1.34. The first kappa shape index (κ1) is 15.7. The van der Waals surface area contributed by atoms with Crippen molar-refractivity contribution >= 4 is 5.69 Å². The summed E-state index contributed by atoms with van der Waals surface area (Å²) in [5.74, 6) is -0.391. The molecule has 2 rings (SSSR count). The highest BCUT2D eigenvalue weighted by Gasteiger charge is 2.49.